The summed E-state index contributed by atoms with van der Waals surface area (Å²) in [6, 6.07) is 7.65. The Balaban J connectivity index is 2.45. The lowest BCUT2D eigenvalue weighted by Gasteiger charge is -2.29. The first-order chi connectivity index (χ1) is 7.09. The monoisotopic (exact) mass is 206 g/mol. The molecule has 0 bridgehead atoms. The lowest BCUT2D eigenvalue weighted by molar-refractivity contribution is -0.159. The highest BCUT2D eigenvalue weighted by molar-refractivity contribution is 5.70. The standard InChI is InChI=1S/C12H14O3/c1-12(2)9-5-3-4-6-10(9)14-8-7-11(13)15-12/h3-6H,7-8H2,1-2H3. The van der Waals surface area contributed by atoms with Gasteiger partial charge in [0.15, 0.2) is 0 Å². The van der Waals surface area contributed by atoms with Gasteiger partial charge in [-0.3, -0.25) is 4.79 Å². The van der Waals surface area contributed by atoms with E-state index in [-0.39, 0.29) is 5.97 Å². The second kappa shape index (κ2) is 3.57. The third-order valence-corrected chi connectivity index (χ3v) is 2.47. The van der Waals surface area contributed by atoms with Crippen molar-refractivity contribution in [3.05, 3.63) is 29.8 Å². The number of esters is 1. The molecule has 0 N–H and O–H groups in total. The lowest BCUT2D eigenvalue weighted by atomic mass is 9.96. The number of fused-ring (bicyclic) bond motifs is 1. The highest BCUT2D eigenvalue weighted by Crippen LogP contribution is 2.34. The van der Waals surface area contributed by atoms with Gasteiger partial charge < -0.3 is 9.47 Å². The van der Waals surface area contributed by atoms with Gasteiger partial charge in [0.1, 0.15) is 11.4 Å². The Kier molecular flexibility index (Phi) is 2.39. The zero-order valence-electron chi connectivity index (χ0n) is 8.95. The first-order valence-electron chi connectivity index (χ1n) is 5.04. The van der Waals surface area contributed by atoms with Crippen molar-refractivity contribution >= 4 is 5.97 Å². The largest absolute Gasteiger partial charge is 0.493 e. The molecule has 2 rings (SSSR count). The predicted octanol–water partition coefficient (Wildman–Crippen LogP) is 2.25. The van der Waals surface area contributed by atoms with Crippen LogP contribution in [0.5, 0.6) is 5.75 Å². The molecule has 0 atom stereocenters. The van der Waals surface area contributed by atoms with Crippen LogP contribution in [-0.2, 0) is 15.1 Å². The van der Waals surface area contributed by atoms with Gasteiger partial charge in [0.2, 0.25) is 0 Å². The van der Waals surface area contributed by atoms with Crippen LogP contribution in [0.2, 0.25) is 0 Å². The average Bonchev–Trinajstić information content (AvgIpc) is 2.16. The van der Waals surface area contributed by atoms with E-state index in [1.54, 1.807) is 0 Å². The molecule has 1 aromatic rings. The summed E-state index contributed by atoms with van der Waals surface area (Å²) in [6.45, 7) is 4.13. The van der Waals surface area contributed by atoms with Crippen molar-refractivity contribution in [2.75, 3.05) is 6.61 Å². The highest BCUT2D eigenvalue weighted by Gasteiger charge is 2.30. The van der Waals surface area contributed by atoms with E-state index in [9.17, 15) is 4.79 Å². The van der Waals surface area contributed by atoms with E-state index < -0.39 is 5.60 Å². The fraction of sp³-hybridized carbons (Fsp3) is 0.417. The van der Waals surface area contributed by atoms with Gasteiger partial charge >= 0.3 is 5.97 Å². The van der Waals surface area contributed by atoms with E-state index in [0.29, 0.717) is 13.0 Å². The van der Waals surface area contributed by atoms with Crippen LogP contribution in [0.15, 0.2) is 24.3 Å². The summed E-state index contributed by atoms with van der Waals surface area (Å²) in [5.74, 6) is 0.588. The number of benzene rings is 1. The lowest BCUT2D eigenvalue weighted by Crippen LogP contribution is -2.29. The zero-order chi connectivity index (χ0) is 10.9. The zero-order valence-corrected chi connectivity index (χ0v) is 8.95. The molecule has 1 aliphatic heterocycles. The first kappa shape index (κ1) is 10.0. The van der Waals surface area contributed by atoms with E-state index in [0.717, 1.165) is 11.3 Å². The second-order valence-corrected chi connectivity index (χ2v) is 4.08. The summed E-state index contributed by atoms with van der Waals surface area (Å²) in [7, 11) is 0. The summed E-state index contributed by atoms with van der Waals surface area (Å²) in [5, 5.41) is 0. The van der Waals surface area contributed by atoms with Crippen LogP contribution in [0.1, 0.15) is 25.8 Å². The Hall–Kier alpha value is -1.51. The summed E-state index contributed by atoms with van der Waals surface area (Å²) in [6.07, 6.45) is 0.303. The Morgan fingerprint density at radius 2 is 2.00 bits per heavy atom. The SMILES string of the molecule is CC1(C)OC(=O)CCOc2ccccc21. The summed E-state index contributed by atoms with van der Waals surface area (Å²) >= 11 is 0. The topological polar surface area (TPSA) is 35.5 Å². The smallest absolute Gasteiger partial charge is 0.310 e. The van der Waals surface area contributed by atoms with Crippen LogP contribution in [0.4, 0.5) is 0 Å². The second-order valence-electron chi connectivity index (χ2n) is 4.08. The molecule has 0 fully saturated rings. The molecule has 80 valence electrons. The van der Waals surface area contributed by atoms with Gasteiger partial charge in [0.05, 0.1) is 13.0 Å². The summed E-state index contributed by atoms with van der Waals surface area (Å²) in [5.41, 5.74) is 0.298. The number of carbonyl (C=O) groups is 1. The van der Waals surface area contributed by atoms with Crippen molar-refractivity contribution in [1.82, 2.24) is 0 Å². The fourth-order valence-corrected chi connectivity index (χ4v) is 1.72. The van der Waals surface area contributed by atoms with E-state index in [2.05, 4.69) is 0 Å². The molecule has 0 unspecified atom stereocenters. The molecule has 1 aromatic carbocycles. The van der Waals surface area contributed by atoms with Crippen LogP contribution in [0.3, 0.4) is 0 Å². The van der Waals surface area contributed by atoms with Crippen LogP contribution >= 0.6 is 0 Å². The third kappa shape index (κ3) is 1.96. The summed E-state index contributed by atoms with van der Waals surface area (Å²) < 4.78 is 10.9. The van der Waals surface area contributed by atoms with Gasteiger partial charge in [0, 0.05) is 5.56 Å². The Morgan fingerprint density at radius 3 is 2.80 bits per heavy atom. The molecule has 3 nitrogen and oxygen atoms in total. The van der Waals surface area contributed by atoms with Crippen molar-refractivity contribution in [2.24, 2.45) is 0 Å². The van der Waals surface area contributed by atoms with Gasteiger partial charge in [-0.15, -0.1) is 0 Å². The molecule has 0 aromatic heterocycles. The van der Waals surface area contributed by atoms with Crippen LogP contribution in [0.25, 0.3) is 0 Å². The molecule has 0 amide bonds. The number of carbonyl (C=O) groups excluding carboxylic acids is 1. The fourth-order valence-electron chi connectivity index (χ4n) is 1.72. The quantitative estimate of drug-likeness (QED) is 0.611. The van der Waals surface area contributed by atoms with Crippen molar-refractivity contribution in [3.8, 4) is 5.75 Å². The molecular formula is C12H14O3. The Bertz CT molecular complexity index is 382. The Labute approximate surface area is 89.0 Å². The average molecular weight is 206 g/mol. The van der Waals surface area contributed by atoms with Crippen molar-refractivity contribution in [1.29, 1.82) is 0 Å². The molecule has 15 heavy (non-hydrogen) atoms. The molecule has 0 saturated carbocycles. The van der Waals surface area contributed by atoms with Crippen molar-refractivity contribution < 1.29 is 14.3 Å². The van der Waals surface area contributed by atoms with Crippen LogP contribution in [-0.4, -0.2) is 12.6 Å². The van der Waals surface area contributed by atoms with Gasteiger partial charge in [-0.1, -0.05) is 18.2 Å². The predicted molar refractivity (Wildman–Crippen MR) is 55.7 cm³/mol. The number of hydrogen-bond acceptors (Lipinski definition) is 3. The van der Waals surface area contributed by atoms with E-state index in [1.165, 1.54) is 0 Å². The van der Waals surface area contributed by atoms with Crippen LogP contribution in [0, 0.1) is 0 Å². The maximum Gasteiger partial charge on any atom is 0.310 e. The van der Waals surface area contributed by atoms with Gasteiger partial charge in [-0.05, 0) is 19.9 Å². The third-order valence-electron chi connectivity index (χ3n) is 2.47. The molecule has 0 spiro atoms. The molecule has 0 radical (unpaired) electrons. The van der Waals surface area contributed by atoms with E-state index >= 15 is 0 Å². The molecular weight excluding hydrogens is 192 g/mol. The maximum absolute atomic E-state index is 11.4. The molecule has 3 heteroatoms. The normalized spacial score (nSPS) is 19.2. The highest BCUT2D eigenvalue weighted by atomic mass is 16.6. The number of cyclic esters (lactones) is 1. The van der Waals surface area contributed by atoms with Crippen molar-refractivity contribution in [3.63, 3.8) is 0 Å². The van der Waals surface area contributed by atoms with Gasteiger partial charge in [-0.2, -0.15) is 0 Å². The van der Waals surface area contributed by atoms with Gasteiger partial charge in [-0.25, -0.2) is 0 Å². The minimum atomic E-state index is -0.617. The molecule has 0 aliphatic carbocycles. The number of hydrogen-bond donors (Lipinski definition) is 0. The molecule has 0 saturated heterocycles. The summed E-state index contributed by atoms with van der Waals surface area (Å²) in [4.78, 5) is 11.4. The van der Waals surface area contributed by atoms with E-state index in [1.807, 2.05) is 38.1 Å². The Morgan fingerprint density at radius 1 is 1.27 bits per heavy atom. The molecule has 1 heterocycles. The van der Waals surface area contributed by atoms with Gasteiger partial charge in [0.25, 0.3) is 0 Å². The first-order valence-corrected chi connectivity index (χ1v) is 5.04. The van der Waals surface area contributed by atoms with E-state index in [4.69, 9.17) is 9.47 Å². The number of para-hydroxylation sites is 1. The van der Waals surface area contributed by atoms with Crippen LogP contribution < -0.4 is 4.74 Å². The molecule has 1 aliphatic rings. The maximum atomic E-state index is 11.4. The minimum absolute atomic E-state index is 0.213. The number of rotatable bonds is 0. The minimum Gasteiger partial charge on any atom is -0.493 e. The number of ether oxygens (including phenoxy) is 2. The van der Waals surface area contributed by atoms with Crippen molar-refractivity contribution in [2.45, 2.75) is 25.9 Å².